The number of aryl methyl sites for hydroxylation is 1. The van der Waals surface area contributed by atoms with Crippen LogP contribution in [0.3, 0.4) is 0 Å². The van der Waals surface area contributed by atoms with E-state index >= 15 is 0 Å². The fourth-order valence-corrected chi connectivity index (χ4v) is 3.12. The Morgan fingerprint density at radius 3 is 2.81 bits per heavy atom. The maximum Gasteiger partial charge on any atom is 0.325 e. The van der Waals surface area contributed by atoms with Crippen molar-refractivity contribution in [2.45, 2.75) is 25.9 Å². The summed E-state index contributed by atoms with van der Waals surface area (Å²) in [4.78, 5) is 13.8. The molecule has 0 amide bonds. The minimum absolute atomic E-state index is 0.546. The predicted octanol–water partition coefficient (Wildman–Crippen LogP) is 3.18. The highest BCUT2D eigenvalue weighted by Gasteiger charge is 2.32. The molecule has 3 heteroatoms. The number of carboxylic acid groups (broad SMARTS) is 1. The summed E-state index contributed by atoms with van der Waals surface area (Å²) in [5.74, 6) is -0.769. The quantitative estimate of drug-likeness (QED) is 0.939. The van der Waals surface area contributed by atoms with E-state index in [-0.39, 0.29) is 0 Å². The second-order valence-corrected chi connectivity index (χ2v) is 5.65. The average molecular weight is 281 g/mol. The lowest BCUT2D eigenvalue weighted by Gasteiger charge is -2.34. The molecule has 0 fully saturated rings. The van der Waals surface area contributed by atoms with Gasteiger partial charge < -0.3 is 5.11 Å². The van der Waals surface area contributed by atoms with Crippen LogP contribution in [-0.4, -0.2) is 22.5 Å². The van der Waals surface area contributed by atoms with Crippen molar-refractivity contribution in [3.05, 3.63) is 70.8 Å². The van der Waals surface area contributed by atoms with Gasteiger partial charge in [0.15, 0.2) is 0 Å². The lowest BCUT2D eigenvalue weighted by molar-refractivity contribution is -0.144. The molecule has 2 aromatic rings. The summed E-state index contributed by atoms with van der Waals surface area (Å²) < 4.78 is 0. The molecule has 21 heavy (non-hydrogen) atoms. The lowest BCUT2D eigenvalue weighted by atomic mass is 9.92. The van der Waals surface area contributed by atoms with Gasteiger partial charge in [-0.05, 0) is 30.0 Å². The third-order valence-electron chi connectivity index (χ3n) is 4.09. The molecule has 1 heterocycles. The van der Waals surface area contributed by atoms with Gasteiger partial charge in [-0.15, -0.1) is 0 Å². The van der Waals surface area contributed by atoms with E-state index in [9.17, 15) is 9.90 Å². The van der Waals surface area contributed by atoms with Gasteiger partial charge in [-0.3, -0.25) is 9.69 Å². The Hall–Kier alpha value is -2.13. The molecule has 3 rings (SSSR count). The van der Waals surface area contributed by atoms with Crippen molar-refractivity contribution >= 4 is 5.97 Å². The average Bonchev–Trinajstić information content (AvgIpc) is 2.46. The van der Waals surface area contributed by atoms with Crippen LogP contribution in [0, 0.1) is 6.92 Å². The molecule has 1 aliphatic heterocycles. The van der Waals surface area contributed by atoms with Gasteiger partial charge in [0.1, 0.15) is 6.04 Å². The highest BCUT2D eigenvalue weighted by Crippen LogP contribution is 2.31. The van der Waals surface area contributed by atoms with E-state index in [1.807, 2.05) is 30.3 Å². The molecule has 1 atom stereocenters. The lowest BCUT2D eigenvalue weighted by Crippen LogP contribution is -2.39. The van der Waals surface area contributed by atoms with Crippen molar-refractivity contribution in [2.24, 2.45) is 0 Å². The molecule has 1 aliphatic rings. The van der Waals surface area contributed by atoms with Gasteiger partial charge in [0, 0.05) is 13.1 Å². The summed E-state index contributed by atoms with van der Waals surface area (Å²) in [7, 11) is 0. The zero-order valence-corrected chi connectivity index (χ0v) is 12.1. The summed E-state index contributed by atoms with van der Waals surface area (Å²) in [6.45, 7) is 3.51. The monoisotopic (exact) mass is 281 g/mol. The molecule has 1 N–H and O–H groups in total. The molecule has 0 aliphatic carbocycles. The van der Waals surface area contributed by atoms with Crippen molar-refractivity contribution in [1.29, 1.82) is 0 Å². The van der Waals surface area contributed by atoms with E-state index in [1.54, 1.807) is 0 Å². The number of rotatable bonds is 3. The zero-order valence-electron chi connectivity index (χ0n) is 12.1. The summed E-state index contributed by atoms with van der Waals surface area (Å²) in [6, 6.07) is 15.6. The molecule has 0 aromatic heterocycles. The number of carbonyl (C=O) groups is 1. The second-order valence-electron chi connectivity index (χ2n) is 5.65. The molecule has 3 nitrogen and oxygen atoms in total. The first-order valence-electron chi connectivity index (χ1n) is 7.25. The molecule has 0 bridgehead atoms. The van der Waals surface area contributed by atoms with Gasteiger partial charge in [0.05, 0.1) is 0 Å². The third-order valence-corrected chi connectivity index (χ3v) is 4.09. The first kappa shape index (κ1) is 13.8. The van der Waals surface area contributed by atoms with E-state index in [0.717, 1.165) is 24.1 Å². The van der Waals surface area contributed by atoms with Crippen LogP contribution in [0.2, 0.25) is 0 Å². The van der Waals surface area contributed by atoms with Crippen LogP contribution in [0.1, 0.15) is 28.3 Å². The maximum atomic E-state index is 11.7. The Morgan fingerprint density at radius 2 is 2.05 bits per heavy atom. The van der Waals surface area contributed by atoms with Gasteiger partial charge in [-0.25, -0.2) is 0 Å². The van der Waals surface area contributed by atoms with Gasteiger partial charge in [0.25, 0.3) is 0 Å². The van der Waals surface area contributed by atoms with Crippen molar-refractivity contribution in [3.63, 3.8) is 0 Å². The summed E-state index contributed by atoms with van der Waals surface area (Å²) >= 11 is 0. The standard InChI is InChI=1S/C18H19NO2/c1-13-5-4-6-14(11-13)12-19-10-9-15-7-2-3-8-16(15)17(19)18(20)21/h2-8,11,17H,9-10,12H2,1H3,(H,20,21). The first-order valence-corrected chi connectivity index (χ1v) is 7.25. The summed E-state index contributed by atoms with van der Waals surface area (Å²) in [5.41, 5.74) is 4.46. The van der Waals surface area contributed by atoms with Crippen LogP contribution in [0.5, 0.6) is 0 Å². The number of nitrogens with zero attached hydrogens (tertiary/aromatic N) is 1. The van der Waals surface area contributed by atoms with E-state index < -0.39 is 12.0 Å². The SMILES string of the molecule is Cc1cccc(CN2CCc3ccccc3C2C(=O)O)c1. The van der Waals surface area contributed by atoms with E-state index in [1.165, 1.54) is 11.1 Å². The molecule has 1 unspecified atom stereocenters. The number of hydrogen-bond donors (Lipinski definition) is 1. The topological polar surface area (TPSA) is 40.5 Å². The van der Waals surface area contributed by atoms with Gasteiger partial charge in [-0.1, -0.05) is 54.1 Å². The van der Waals surface area contributed by atoms with Gasteiger partial charge in [-0.2, -0.15) is 0 Å². The highest BCUT2D eigenvalue weighted by molar-refractivity contribution is 5.76. The number of hydrogen-bond acceptors (Lipinski definition) is 2. The fourth-order valence-electron chi connectivity index (χ4n) is 3.12. The number of carboxylic acids is 1. The van der Waals surface area contributed by atoms with Crippen LogP contribution in [0.15, 0.2) is 48.5 Å². The number of fused-ring (bicyclic) bond motifs is 1. The van der Waals surface area contributed by atoms with E-state index in [2.05, 4.69) is 30.0 Å². The number of benzene rings is 2. The normalized spacial score (nSPS) is 18.2. The molecular formula is C18H19NO2. The van der Waals surface area contributed by atoms with Crippen LogP contribution in [0.25, 0.3) is 0 Å². The molecule has 0 spiro atoms. The Morgan fingerprint density at radius 1 is 1.24 bits per heavy atom. The number of aliphatic carboxylic acids is 1. The Labute approximate surface area is 124 Å². The highest BCUT2D eigenvalue weighted by atomic mass is 16.4. The van der Waals surface area contributed by atoms with Crippen LogP contribution >= 0.6 is 0 Å². The van der Waals surface area contributed by atoms with Gasteiger partial charge in [0.2, 0.25) is 0 Å². The zero-order chi connectivity index (χ0) is 14.8. The van der Waals surface area contributed by atoms with Crippen LogP contribution in [-0.2, 0) is 17.8 Å². The van der Waals surface area contributed by atoms with Crippen LogP contribution in [0.4, 0.5) is 0 Å². The van der Waals surface area contributed by atoms with Crippen molar-refractivity contribution < 1.29 is 9.90 Å². The molecular weight excluding hydrogens is 262 g/mol. The van der Waals surface area contributed by atoms with Crippen molar-refractivity contribution in [2.75, 3.05) is 6.54 Å². The maximum absolute atomic E-state index is 11.7. The van der Waals surface area contributed by atoms with E-state index in [0.29, 0.717) is 6.54 Å². The largest absolute Gasteiger partial charge is 0.480 e. The Kier molecular flexibility index (Phi) is 3.76. The smallest absolute Gasteiger partial charge is 0.325 e. The van der Waals surface area contributed by atoms with Crippen molar-refractivity contribution in [1.82, 2.24) is 4.90 Å². The summed E-state index contributed by atoms with van der Waals surface area (Å²) in [6.07, 6.45) is 0.909. The molecule has 0 saturated carbocycles. The first-order chi connectivity index (χ1) is 10.1. The Balaban J connectivity index is 1.91. The fraction of sp³-hybridized carbons (Fsp3) is 0.278. The van der Waals surface area contributed by atoms with Crippen LogP contribution < -0.4 is 0 Å². The summed E-state index contributed by atoms with van der Waals surface area (Å²) in [5, 5.41) is 9.65. The van der Waals surface area contributed by atoms with Crippen molar-refractivity contribution in [3.8, 4) is 0 Å². The molecule has 108 valence electrons. The molecule has 2 aromatic carbocycles. The predicted molar refractivity (Wildman–Crippen MR) is 82.1 cm³/mol. The molecule has 0 saturated heterocycles. The Bertz CT molecular complexity index is 666. The minimum atomic E-state index is -0.769. The van der Waals surface area contributed by atoms with Gasteiger partial charge >= 0.3 is 5.97 Å². The third kappa shape index (κ3) is 2.83. The second kappa shape index (κ2) is 5.70. The minimum Gasteiger partial charge on any atom is -0.480 e. The van der Waals surface area contributed by atoms with E-state index in [4.69, 9.17) is 0 Å². The molecule has 0 radical (unpaired) electrons.